The van der Waals surface area contributed by atoms with Gasteiger partial charge in [0.1, 0.15) is 0 Å². The standard InChI is InChI=1S/C9H18N2O/c12-7-6-11-5-1-2-8-9(11)3-4-10-8/h8-10,12H,1-7H2/t8-,9-/m1/s1. The first kappa shape index (κ1) is 8.48. The summed E-state index contributed by atoms with van der Waals surface area (Å²) in [4.78, 5) is 2.44. The molecule has 12 heavy (non-hydrogen) atoms. The van der Waals surface area contributed by atoms with Gasteiger partial charge in [0.2, 0.25) is 0 Å². The molecule has 0 radical (unpaired) electrons. The minimum atomic E-state index is 0.309. The highest BCUT2D eigenvalue weighted by molar-refractivity contribution is 4.93. The van der Waals surface area contributed by atoms with Crippen molar-refractivity contribution < 1.29 is 5.11 Å². The predicted molar refractivity (Wildman–Crippen MR) is 48.1 cm³/mol. The van der Waals surface area contributed by atoms with Crippen LogP contribution in [0.2, 0.25) is 0 Å². The van der Waals surface area contributed by atoms with Crippen LogP contribution in [0.15, 0.2) is 0 Å². The molecule has 0 saturated carbocycles. The molecule has 0 bridgehead atoms. The monoisotopic (exact) mass is 170 g/mol. The average Bonchev–Trinajstić information content (AvgIpc) is 2.53. The molecule has 2 fully saturated rings. The summed E-state index contributed by atoms with van der Waals surface area (Å²) in [6.45, 7) is 3.52. The van der Waals surface area contributed by atoms with Gasteiger partial charge in [0.15, 0.2) is 0 Å². The summed E-state index contributed by atoms with van der Waals surface area (Å²) >= 11 is 0. The van der Waals surface area contributed by atoms with Crippen molar-refractivity contribution in [2.75, 3.05) is 26.2 Å². The summed E-state index contributed by atoms with van der Waals surface area (Å²) in [6.07, 6.45) is 3.88. The molecule has 2 heterocycles. The zero-order valence-electron chi connectivity index (χ0n) is 7.50. The SMILES string of the molecule is OCCN1CCC[C@H]2NCC[C@H]21. The minimum Gasteiger partial charge on any atom is -0.395 e. The highest BCUT2D eigenvalue weighted by Gasteiger charge is 2.33. The van der Waals surface area contributed by atoms with Crippen molar-refractivity contribution in [3.05, 3.63) is 0 Å². The first-order valence-corrected chi connectivity index (χ1v) is 5.00. The number of aliphatic hydroxyl groups is 1. The first-order valence-electron chi connectivity index (χ1n) is 5.00. The van der Waals surface area contributed by atoms with E-state index in [4.69, 9.17) is 5.11 Å². The molecule has 3 nitrogen and oxygen atoms in total. The first-order chi connectivity index (χ1) is 5.92. The highest BCUT2D eigenvalue weighted by Crippen LogP contribution is 2.23. The minimum absolute atomic E-state index is 0.309. The van der Waals surface area contributed by atoms with Crippen molar-refractivity contribution >= 4 is 0 Å². The maximum Gasteiger partial charge on any atom is 0.0558 e. The fraction of sp³-hybridized carbons (Fsp3) is 1.00. The summed E-state index contributed by atoms with van der Waals surface area (Å²) in [5.41, 5.74) is 0. The molecule has 2 rings (SSSR count). The van der Waals surface area contributed by atoms with E-state index in [0.29, 0.717) is 18.7 Å². The van der Waals surface area contributed by atoms with Gasteiger partial charge < -0.3 is 10.4 Å². The van der Waals surface area contributed by atoms with Crippen LogP contribution in [0.25, 0.3) is 0 Å². The van der Waals surface area contributed by atoms with Crippen LogP contribution in [-0.4, -0.2) is 48.3 Å². The Balaban J connectivity index is 1.94. The lowest BCUT2D eigenvalue weighted by Gasteiger charge is -2.36. The molecule has 0 amide bonds. The molecule has 0 aliphatic carbocycles. The lowest BCUT2D eigenvalue weighted by Crippen LogP contribution is -2.49. The summed E-state index contributed by atoms with van der Waals surface area (Å²) in [5.74, 6) is 0. The average molecular weight is 170 g/mol. The highest BCUT2D eigenvalue weighted by atomic mass is 16.3. The number of likely N-dealkylation sites (tertiary alicyclic amines) is 1. The largest absolute Gasteiger partial charge is 0.395 e. The number of hydrogen-bond acceptors (Lipinski definition) is 3. The number of nitrogens with zero attached hydrogens (tertiary/aromatic N) is 1. The Bertz CT molecular complexity index is 149. The Morgan fingerprint density at radius 1 is 1.42 bits per heavy atom. The number of aliphatic hydroxyl groups excluding tert-OH is 1. The van der Waals surface area contributed by atoms with E-state index in [0.717, 1.165) is 13.1 Å². The summed E-state index contributed by atoms with van der Waals surface area (Å²) in [6, 6.07) is 1.43. The van der Waals surface area contributed by atoms with Crippen LogP contribution in [-0.2, 0) is 0 Å². The summed E-state index contributed by atoms with van der Waals surface area (Å²) in [7, 11) is 0. The Morgan fingerprint density at radius 3 is 3.17 bits per heavy atom. The van der Waals surface area contributed by atoms with Gasteiger partial charge in [-0.2, -0.15) is 0 Å². The molecule has 0 aromatic carbocycles. The molecule has 2 N–H and O–H groups in total. The Morgan fingerprint density at radius 2 is 2.33 bits per heavy atom. The van der Waals surface area contributed by atoms with Crippen molar-refractivity contribution in [3.63, 3.8) is 0 Å². The topological polar surface area (TPSA) is 35.5 Å². The maximum atomic E-state index is 8.88. The fourth-order valence-electron chi connectivity index (χ4n) is 2.57. The van der Waals surface area contributed by atoms with Crippen LogP contribution in [0.5, 0.6) is 0 Å². The van der Waals surface area contributed by atoms with Crippen LogP contribution >= 0.6 is 0 Å². The van der Waals surface area contributed by atoms with Crippen LogP contribution < -0.4 is 5.32 Å². The number of β-amino-alcohol motifs (C(OH)–C–C–N with tert-alkyl or cyclic N) is 1. The van der Waals surface area contributed by atoms with Crippen molar-refractivity contribution in [3.8, 4) is 0 Å². The van der Waals surface area contributed by atoms with Crippen molar-refractivity contribution in [1.29, 1.82) is 0 Å². The van der Waals surface area contributed by atoms with E-state index in [2.05, 4.69) is 10.2 Å². The van der Waals surface area contributed by atoms with E-state index in [1.54, 1.807) is 0 Å². The molecule has 3 heteroatoms. The van der Waals surface area contributed by atoms with E-state index in [9.17, 15) is 0 Å². The van der Waals surface area contributed by atoms with Crippen molar-refractivity contribution in [2.45, 2.75) is 31.3 Å². The smallest absolute Gasteiger partial charge is 0.0558 e. The third-order valence-electron chi connectivity index (χ3n) is 3.13. The van der Waals surface area contributed by atoms with Crippen LogP contribution in [0.1, 0.15) is 19.3 Å². The number of rotatable bonds is 2. The van der Waals surface area contributed by atoms with Crippen LogP contribution in [0.4, 0.5) is 0 Å². The number of fused-ring (bicyclic) bond motifs is 1. The van der Waals surface area contributed by atoms with Gasteiger partial charge in [-0.1, -0.05) is 0 Å². The molecule has 70 valence electrons. The van der Waals surface area contributed by atoms with Gasteiger partial charge in [0, 0.05) is 18.6 Å². The van der Waals surface area contributed by atoms with E-state index >= 15 is 0 Å². The summed E-state index contributed by atoms with van der Waals surface area (Å²) in [5, 5.41) is 12.4. The fourth-order valence-corrected chi connectivity index (χ4v) is 2.57. The second kappa shape index (κ2) is 3.73. The molecule has 2 atom stereocenters. The van der Waals surface area contributed by atoms with E-state index in [1.807, 2.05) is 0 Å². The molecule has 0 aromatic rings. The Labute approximate surface area is 73.8 Å². The van der Waals surface area contributed by atoms with Gasteiger partial charge >= 0.3 is 0 Å². The quantitative estimate of drug-likeness (QED) is 0.603. The molecule has 2 saturated heterocycles. The normalized spacial score (nSPS) is 36.8. The molecule has 2 aliphatic heterocycles. The van der Waals surface area contributed by atoms with Gasteiger partial charge in [0.05, 0.1) is 6.61 Å². The van der Waals surface area contributed by atoms with Crippen molar-refractivity contribution in [2.24, 2.45) is 0 Å². The van der Waals surface area contributed by atoms with Crippen LogP contribution in [0, 0.1) is 0 Å². The van der Waals surface area contributed by atoms with Gasteiger partial charge in [0.25, 0.3) is 0 Å². The van der Waals surface area contributed by atoms with Gasteiger partial charge in [-0.25, -0.2) is 0 Å². The lowest BCUT2D eigenvalue weighted by molar-refractivity contribution is 0.110. The molecule has 0 unspecified atom stereocenters. The molecule has 0 spiro atoms. The molecular formula is C9H18N2O. The van der Waals surface area contributed by atoms with E-state index in [-0.39, 0.29) is 0 Å². The summed E-state index contributed by atoms with van der Waals surface area (Å²) < 4.78 is 0. The van der Waals surface area contributed by atoms with E-state index < -0.39 is 0 Å². The number of hydrogen-bond donors (Lipinski definition) is 2. The zero-order chi connectivity index (χ0) is 8.39. The lowest BCUT2D eigenvalue weighted by atomic mass is 9.98. The predicted octanol–water partition coefficient (Wildman–Crippen LogP) is -0.195. The Hall–Kier alpha value is -0.120. The second-order valence-corrected chi connectivity index (χ2v) is 3.82. The maximum absolute atomic E-state index is 8.88. The zero-order valence-corrected chi connectivity index (χ0v) is 7.50. The number of piperidine rings is 1. The van der Waals surface area contributed by atoms with E-state index in [1.165, 1.54) is 25.8 Å². The van der Waals surface area contributed by atoms with Crippen molar-refractivity contribution in [1.82, 2.24) is 10.2 Å². The third kappa shape index (κ3) is 1.49. The van der Waals surface area contributed by atoms with Gasteiger partial charge in [-0.15, -0.1) is 0 Å². The molecule has 2 aliphatic rings. The number of nitrogens with one attached hydrogen (secondary N) is 1. The van der Waals surface area contributed by atoms with Gasteiger partial charge in [-0.3, -0.25) is 4.90 Å². The molecule has 0 aromatic heterocycles. The Kier molecular flexibility index (Phi) is 2.63. The second-order valence-electron chi connectivity index (χ2n) is 3.82. The van der Waals surface area contributed by atoms with Crippen LogP contribution in [0.3, 0.4) is 0 Å². The third-order valence-corrected chi connectivity index (χ3v) is 3.13. The van der Waals surface area contributed by atoms with Gasteiger partial charge in [-0.05, 0) is 32.4 Å². The molecular weight excluding hydrogens is 152 g/mol.